The number of rotatable bonds is 5. The molecule has 0 saturated heterocycles. The number of carboxylic acid groups (broad SMARTS) is 1. The first-order chi connectivity index (χ1) is 11.2. The molecule has 3 N–H and O–H groups in total. The second-order valence-electron chi connectivity index (χ2n) is 6.11. The number of amides is 3. The highest BCUT2D eigenvalue weighted by Gasteiger charge is 2.19. The molecule has 0 spiro atoms. The quantitative estimate of drug-likeness (QED) is 0.713. The van der Waals surface area contributed by atoms with Crippen molar-refractivity contribution in [3.05, 3.63) is 35.9 Å². The van der Waals surface area contributed by atoms with Crippen molar-refractivity contribution in [2.24, 2.45) is 0 Å². The van der Waals surface area contributed by atoms with Gasteiger partial charge in [0.05, 0.1) is 6.42 Å². The summed E-state index contributed by atoms with van der Waals surface area (Å²) in [4.78, 5) is 35.8. The molecule has 0 saturated carbocycles. The van der Waals surface area contributed by atoms with Crippen molar-refractivity contribution < 1.29 is 24.2 Å². The normalized spacial score (nSPS) is 10.6. The van der Waals surface area contributed by atoms with Gasteiger partial charge < -0.3 is 14.7 Å². The molecule has 0 aromatic heterocycles. The minimum Gasteiger partial charge on any atom is -0.481 e. The summed E-state index contributed by atoms with van der Waals surface area (Å²) in [6.07, 6.45) is -0.999. The Bertz CT molecular complexity index is 569. The Kier molecular flexibility index (Phi) is 7.03. The van der Waals surface area contributed by atoms with Gasteiger partial charge in [0.2, 0.25) is 0 Å². The second-order valence-corrected chi connectivity index (χ2v) is 6.11. The van der Waals surface area contributed by atoms with E-state index < -0.39 is 23.7 Å². The van der Waals surface area contributed by atoms with E-state index in [1.165, 1.54) is 4.90 Å². The van der Waals surface area contributed by atoms with E-state index in [2.05, 4.69) is 10.9 Å². The number of hydrogen-bond donors (Lipinski definition) is 3. The van der Waals surface area contributed by atoms with E-state index in [9.17, 15) is 14.4 Å². The van der Waals surface area contributed by atoms with Gasteiger partial charge in [0.1, 0.15) is 5.60 Å². The number of nitrogens with zero attached hydrogens (tertiary/aromatic N) is 1. The highest BCUT2D eigenvalue weighted by Crippen LogP contribution is 2.07. The van der Waals surface area contributed by atoms with Gasteiger partial charge in [-0.1, -0.05) is 30.3 Å². The molecule has 0 aliphatic rings. The summed E-state index contributed by atoms with van der Waals surface area (Å²) in [6, 6.07) is 8.51. The third-order valence-electron chi connectivity index (χ3n) is 2.77. The Morgan fingerprint density at radius 2 is 1.75 bits per heavy atom. The van der Waals surface area contributed by atoms with Crippen molar-refractivity contribution in [2.75, 3.05) is 6.54 Å². The zero-order valence-corrected chi connectivity index (χ0v) is 14.0. The minimum absolute atomic E-state index is 0.00601. The molecule has 3 amide bonds. The second kappa shape index (κ2) is 8.76. The van der Waals surface area contributed by atoms with Crippen LogP contribution in [0.15, 0.2) is 30.3 Å². The van der Waals surface area contributed by atoms with Gasteiger partial charge in [-0.3, -0.25) is 4.79 Å². The third kappa shape index (κ3) is 8.02. The first-order valence-electron chi connectivity index (χ1n) is 7.47. The molecule has 0 aliphatic heterocycles. The van der Waals surface area contributed by atoms with E-state index in [1.54, 1.807) is 20.8 Å². The van der Waals surface area contributed by atoms with Gasteiger partial charge in [-0.05, 0) is 26.3 Å². The zero-order chi connectivity index (χ0) is 18.2. The molecule has 0 atom stereocenters. The van der Waals surface area contributed by atoms with E-state index >= 15 is 0 Å². The molecule has 132 valence electrons. The Morgan fingerprint density at radius 1 is 1.12 bits per heavy atom. The number of benzene rings is 1. The lowest BCUT2D eigenvalue weighted by atomic mass is 10.2. The minimum atomic E-state index is -1.01. The summed E-state index contributed by atoms with van der Waals surface area (Å²) in [5.74, 6) is -1.01. The lowest BCUT2D eigenvalue weighted by Gasteiger charge is -2.24. The third-order valence-corrected chi connectivity index (χ3v) is 2.77. The van der Waals surface area contributed by atoms with Crippen molar-refractivity contribution in [1.29, 1.82) is 0 Å². The van der Waals surface area contributed by atoms with Crippen molar-refractivity contribution in [3.63, 3.8) is 0 Å². The lowest BCUT2D eigenvalue weighted by molar-refractivity contribution is -0.137. The largest absolute Gasteiger partial charge is 0.481 e. The van der Waals surface area contributed by atoms with Gasteiger partial charge in [-0.15, -0.1) is 0 Å². The van der Waals surface area contributed by atoms with E-state index in [0.717, 1.165) is 5.56 Å². The molecule has 8 nitrogen and oxygen atoms in total. The molecule has 0 aliphatic carbocycles. The van der Waals surface area contributed by atoms with Crippen LogP contribution in [0.1, 0.15) is 32.8 Å². The van der Waals surface area contributed by atoms with Gasteiger partial charge in [-0.2, -0.15) is 0 Å². The molecule has 0 bridgehead atoms. The summed E-state index contributed by atoms with van der Waals surface area (Å²) in [5, 5.41) is 8.81. The number of carbonyl (C=O) groups excluding carboxylic acids is 2. The van der Waals surface area contributed by atoms with Gasteiger partial charge in [0.15, 0.2) is 0 Å². The average Bonchev–Trinajstić information content (AvgIpc) is 2.48. The monoisotopic (exact) mass is 337 g/mol. The van der Waals surface area contributed by atoms with Crippen LogP contribution in [0.4, 0.5) is 9.59 Å². The molecule has 0 heterocycles. The van der Waals surface area contributed by atoms with Crippen molar-refractivity contribution >= 4 is 18.1 Å². The SMILES string of the molecule is CC(C)(C)OC(=O)NNC(=O)N(CCC(=O)O)Cc1ccccc1. The number of urea groups is 1. The van der Waals surface area contributed by atoms with Gasteiger partial charge in [0, 0.05) is 13.1 Å². The molecule has 0 unspecified atom stereocenters. The highest BCUT2D eigenvalue weighted by atomic mass is 16.6. The maximum atomic E-state index is 12.2. The number of ether oxygens (including phenoxy) is 1. The van der Waals surface area contributed by atoms with Gasteiger partial charge in [-0.25, -0.2) is 20.4 Å². The van der Waals surface area contributed by atoms with Crippen molar-refractivity contribution in [3.8, 4) is 0 Å². The predicted molar refractivity (Wildman–Crippen MR) is 87.0 cm³/mol. The number of aliphatic carboxylic acids is 1. The molecule has 0 radical (unpaired) electrons. The predicted octanol–water partition coefficient (Wildman–Crippen LogP) is 2.11. The number of nitrogens with one attached hydrogen (secondary N) is 2. The average molecular weight is 337 g/mol. The first-order valence-corrected chi connectivity index (χ1v) is 7.47. The van der Waals surface area contributed by atoms with E-state index in [4.69, 9.17) is 9.84 Å². The maximum absolute atomic E-state index is 12.2. The van der Waals surface area contributed by atoms with Crippen molar-refractivity contribution in [2.45, 2.75) is 39.3 Å². The zero-order valence-electron chi connectivity index (χ0n) is 14.0. The number of carboxylic acids is 1. The summed E-state index contributed by atoms with van der Waals surface area (Å²) in [7, 11) is 0. The van der Waals surface area contributed by atoms with Crippen LogP contribution in [-0.2, 0) is 16.1 Å². The fraction of sp³-hybridized carbons (Fsp3) is 0.438. The van der Waals surface area contributed by atoms with E-state index in [0.29, 0.717) is 0 Å². The summed E-state index contributed by atoms with van der Waals surface area (Å²) < 4.78 is 5.01. The number of hydrogen-bond acceptors (Lipinski definition) is 4. The van der Waals surface area contributed by atoms with Crippen LogP contribution < -0.4 is 10.9 Å². The standard InChI is InChI=1S/C16H23N3O5/c1-16(2,3)24-15(23)18-17-14(22)19(10-9-13(20)21)11-12-7-5-4-6-8-12/h4-8H,9-11H2,1-3H3,(H,17,22)(H,18,23)(H,20,21). The molecular weight excluding hydrogens is 314 g/mol. The van der Waals surface area contributed by atoms with Crippen molar-refractivity contribution in [1.82, 2.24) is 15.8 Å². The molecule has 1 aromatic carbocycles. The first kappa shape index (κ1) is 19.3. The fourth-order valence-corrected chi connectivity index (χ4v) is 1.77. The highest BCUT2D eigenvalue weighted by molar-refractivity contribution is 5.78. The molecule has 8 heteroatoms. The molecular formula is C16H23N3O5. The summed E-state index contributed by atoms with van der Waals surface area (Å²) in [5.41, 5.74) is 4.51. The van der Waals surface area contributed by atoms with Gasteiger partial charge >= 0.3 is 18.1 Å². The molecule has 24 heavy (non-hydrogen) atoms. The Hall–Kier alpha value is -2.77. The fourth-order valence-electron chi connectivity index (χ4n) is 1.77. The number of hydrazine groups is 1. The Labute approximate surface area is 140 Å². The Balaban J connectivity index is 2.62. The van der Waals surface area contributed by atoms with Crippen LogP contribution in [0.25, 0.3) is 0 Å². The lowest BCUT2D eigenvalue weighted by Crippen LogP contribution is -2.50. The molecule has 1 rings (SSSR count). The molecule has 1 aromatic rings. The van der Waals surface area contributed by atoms with E-state index in [1.807, 2.05) is 30.3 Å². The Morgan fingerprint density at radius 3 is 2.29 bits per heavy atom. The van der Waals surface area contributed by atoms with E-state index in [-0.39, 0.29) is 19.5 Å². The topological polar surface area (TPSA) is 108 Å². The van der Waals surface area contributed by atoms with Crippen LogP contribution in [-0.4, -0.2) is 40.2 Å². The summed E-state index contributed by atoms with van der Waals surface area (Å²) in [6.45, 7) is 5.32. The summed E-state index contributed by atoms with van der Waals surface area (Å²) >= 11 is 0. The maximum Gasteiger partial charge on any atom is 0.426 e. The van der Waals surface area contributed by atoms with Crippen LogP contribution in [0.3, 0.4) is 0 Å². The molecule has 0 fully saturated rings. The van der Waals surface area contributed by atoms with Gasteiger partial charge in [0.25, 0.3) is 0 Å². The smallest absolute Gasteiger partial charge is 0.426 e. The number of carbonyl (C=O) groups is 3. The van der Waals surface area contributed by atoms with Crippen LogP contribution in [0.2, 0.25) is 0 Å². The van der Waals surface area contributed by atoms with Crippen LogP contribution >= 0.6 is 0 Å². The van der Waals surface area contributed by atoms with Crippen LogP contribution in [0.5, 0.6) is 0 Å². The van der Waals surface area contributed by atoms with Crippen LogP contribution in [0, 0.1) is 0 Å².